The second-order valence-electron chi connectivity index (χ2n) is 4.91. The highest BCUT2D eigenvalue weighted by Gasteiger charge is 2.53. The van der Waals surface area contributed by atoms with Gasteiger partial charge in [0.25, 0.3) is 0 Å². The number of ether oxygens (including phenoxy) is 1. The first kappa shape index (κ1) is 9.44. The molecule has 1 aliphatic heterocycles. The largest absolute Gasteiger partial charge is 0.393 e. The first-order valence-corrected chi connectivity index (χ1v) is 4.99. The summed E-state index contributed by atoms with van der Waals surface area (Å²) in [6.45, 7) is 3.83. The van der Waals surface area contributed by atoms with E-state index in [0.717, 1.165) is 19.3 Å². The van der Waals surface area contributed by atoms with Crippen LogP contribution in [0.25, 0.3) is 0 Å². The lowest BCUT2D eigenvalue weighted by molar-refractivity contribution is -0.130. The van der Waals surface area contributed by atoms with Crippen LogP contribution < -0.4 is 0 Å². The zero-order valence-electron chi connectivity index (χ0n) is 8.29. The summed E-state index contributed by atoms with van der Waals surface area (Å²) < 4.78 is 5.74. The monoisotopic (exact) mass is 186 g/mol. The maximum Gasteiger partial charge on any atom is 0.0918 e. The maximum atomic E-state index is 9.98. The minimum atomic E-state index is -0.691. The average molecular weight is 186 g/mol. The number of aliphatic hydroxyl groups excluding tert-OH is 1. The molecule has 2 bridgehead atoms. The molecule has 1 saturated heterocycles. The van der Waals surface area contributed by atoms with Crippen molar-refractivity contribution in [1.29, 1.82) is 0 Å². The molecule has 2 fully saturated rings. The number of aliphatic hydroxyl groups is 2. The fourth-order valence-electron chi connectivity index (χ4n) is 2.57. The standard InChI is InChI=1S/C10H18O3/c1-9(12)4-3-7-5-8(9)13-10(7,2)6-11/h7-8,11-12H,3-6H2,1-2H3. The molecule has 1 saturated carbocycles. The predicted octanol–water partition coefficient (Wildman–Crippen LogP) is 0.687. The molecule has 4 atom stereocenters. The van der Waals surface area contributed by atoms with Crippen molar-refractivity contribution >= 4 is 0 Å². The van der Waals surface area contributed by atoms with Gasteiger partial charge in [0.1, 0.15) is 0 Å². The van der Waals surface area contributed by atoms with Gasteiger partial charge in [0.2, 0.25) is 0 Å². The summed E-state index contributed by atoms with van der Waals surface area (Å²) in [4.78, 5) is 0. The van der Waals surface area contributed by atoms with E-state index in [1.165, 1.54) is 0 Å². The topological polar surface area (TPSA) is 49.7 Å². The van der Waals surface area contributed by atoms with Crippen molar-refractivity contribution in [3.8, 4) is 0 Å². The van der Waals surface area contributed by atoms with Gasteiger partial charge in [-0.2, -0.15) is 0 Å². The molecule has 2 rings (SSSR count). The Bertz CT molecular complexity index is 214. The summed E-state index contributed by atoms with van der Waals surface area (Å²) in [5.41, 5.74) is -1.10. The van der Waals surface area contributed by atoms with E-state index in [1.54, 1.807) is 0 Å². The molecule has 0 aromatic heterocycles. The van der Waals surface area contributed by atoms with Gasteiger partial charge < -0.3 is 14.9 Å². The quantitative estimate of drug-likeness (QED) is 0.633. The van der Waals surface area contributed by atoms with Crippen molar-refractivity contribution in [2.45, 2.75) is 50.4 Å². The summed E-state index contributed by atoms with van der Waals surface area (Å²) in [6.07, 6.45) is 2.56. The van der Waals surface area contributed by atoms with Crippen molar-refractivity contribution in [2.24, 2.45) is 5.92 Å². The van der Waals surface area contributed by atoms with Gasteiger partial charge in [0.05, 0.1) is 23.9 Å². The van der Waals surface area contributed by atoms with Crippen molar-refractivity contribution in [3.05, 3.63) is 0 Å². The Kier molecular flexibility index (Phi) is 1.95. The Hall–Kier alpha value is -0.120. The van der Waals surface area contributed by atoms with Crippen LogP contribution in [-0.2, 0) is 4.74 Å². The van der Waals surface area contributed by atoms with E-state index in [0.29, 0.717) is 5.92 Å². The fourth-order valence-corrected chi connectivity index (χ4v) is 2.57. The van der Waals surface area contributed by atoms with Gasteiger partial charge >= 0.3 is 0 Å². The number of hydrogen-bond donors (Lipinski definition) is 2. The molecule has 3 nitrogen and oxygen atoms in total. The van der Waals surface area contributed by atoms with Gasteiger partial charge in [-0.1, -0.05) is 0 Å². The Morgan fingerprint density at radius 3 is 2.69 bits per heavy atom. The maximum absolute atomic E-state index is 9.98. The molecule has 4 unspecified atom stereocenters. The highest BCUT2D eigenvalue weighted by Crippen LogP contribution is 2.48. The molecular formula is C10H18O3. The number of rotatable bonds is 1. The molecule has 2 aliphatic rings. The lowest BCUT2D eigenvalue weighted by Gasteiger charge is -2.32. The van der Waals surface area contributed by atoms with Gasteiger partial charge in [-0.15, -0.1) is 0 Å². The first-order chi connectivity index (χ1) is 5.98. The molecule has 13 heavy (non-hydrogen) atoms. The third-order valence-electron chi connectivity index (χ3n) is 3.78. The van der Waals surface area contributed by atoms with Crippen LogP contribution in [-0.4, -0.2) is 34.1 Å². The van der Waals surface area contributed by atoms with Gasteiger partial charge in [0.15, 0.2) is 0 Å². The van der Waals surface area contributed by atoms with E-state index in [4.69, 9.17) is 4.74 Å². The minimum absolute atomic E-state index is 0.0598. The molecule has 0 amide bonds. The molecule has 0 aromatic carbocycles. The molecule has 2 N–H and O–H groups in total. The number of fused-ring (bicyclic) bond motifs is 2. The predicted molar refractivity (Wildman–Crippen MR) is 48.3 cm³/mol. The Balaban J connectivity index is 2.20. The molecular weight excluding hydrogens is 168 g/mol. The van der Waals surface area contributed by atoms with E-state index in [-0.39, 0.29) is 12.7 Å². The Labute approximate surface area is 78.7 Å². The van der Waals surface area contributed by atoms with Gasteiger partial charge in [0, 0.05) is 0 Å². The van der Waals surface area contributed by atoms with E-state index in [2.05, 4.69) is 0 Å². The van der Waals surface area contributed by atoms with E-state index < -0.39 is 11.2 Å². The lowest BCUT2D eigenvalue weighted by Crippen LogP contribution is -2.41. The summed E-state index contributed by atoms with van der Waals surface area (Å²) in [7, 11) is 0. The second kappa shape index (κ2) is 2.69. The van der Waals surface area contributed by atoms with Crippen molar-refractivity contribution < 1.29 is 14.9 Å². The molecule has 1 aliphatic carbocycles. The summed E-state index contributed by atoms with van der Waals surface area (Å²) in [5.74, 6) is 0.419. The van der Waals surface area contributed by atoms with Crippen molar-refractivity contribution in [1.82, 2.24) is 0 Å². The third kappa shape index (κ3) is 1.30. The van der Waals surface area contributed by atoms with Crippen LogP contribution >= 0.6 is 0 Å². The molecule has 0 aromatic rings. The SMILES string of the molecule is CC1(O)CCC2CC1OC2(C)CO. The molecule has 0 radical (unpaired) electrons. The number of hydrogen-bond acceptors (Lipinski definition) is 3. The average Bonchev–Trinajstić information content (AvgIpc) is 2.37. The van der Waals surface area contributed by atoms with Crippen LogP contribution in [0.1, 0.15) is 33.1 Å². The van der Waals surface area contributed by atoms with Crippen molar-refractivity contribution in [2.75, 3.05) is 6.61 Å². The van der Waals surface area contributed by atoms with E-state index in [9.17, 15) is 10.2 Å². The third-order valence-corrected chi connectivity index (χ3v) is 3.78. The highest BCUT2D eigenvalue weighted by molar-refractivity contribution is 5.03. The normalized spacial score (nSPS) is 55.4. The van der Waals surface area contributed by atoms with Crippen LogP contribution in [0.3, 0.4) is 0 Å². The van der Waals surface area contributed by atoms with Crippen LogP contribution in [0.2, 0.25) is 0 Å². The molecule has 3 heteroatoms. The Morgan fingerprint density at radius 1 is 1.46 bits per heavy atom. The Morgan fingerprint density at radius 2 is 2.15 bits per heavy atom. The molecule has 1 heterocycles. The first-order valence-electron chi connectivity index (χ1n) is 4.99. The van der Waals surface area contributed by atoms with Gasteiger partial charge in [-0.25, -0.2) is 0 Å². The molecule has 0 spiro atoms. The van der Waals surface area contributed by atoms with Crippen molar-refractivity contribution in [3.63, 3.8) is 0 Å². The van der Waals surface area contributed by atoms with Crippen LogP contribution in [0.4, 0.5) is 0 Å². The van der Waals surface area contributed by atoms with E-state index >= 15 is 0 Å². The summed E-state index contributed by atoms with van der Waals surface area (Å²) in [6, 6.07) is 0. The minimum Gasteiger partial charge on any atom is -0.393 e. The zero-order chi connectivity index (χ0) is 9.69. The summed E-state index contributed by atoms with van der Waals surface area (Å²) in [5, 5.41) is 19.2. The van der Waals surface area contributed by atoms with Gasteiger partial charge in [-0.3, -0.25) is 0 Å². The van der Waals surface area contributed by atoms with Gasteiger partial charge in [-0.05, 0) is 39.0 Å². The fraction of sp³-hybridized carbons (Fsp3) is 1.00. The summed E-state index contributed by atoms with van der Waals surface area (Å²) >= 11 is 0. The van der Waals surface area contributed by atoms with Crippen LogP contribution in [0, 0.1) is 5.92 Å². The molecule has 76 valence electrons. The van der Waals surface area contributed by atoms with E-state index in [1.807, 2.05) is 13.8 Å². The smallest absolute Gasteiger partial charge is 0.0918 e. The second-order valence-corrected chi connectivity index (χ2v) is 4.91. The van der Waals surface area contributed by atoms with Crippen LogP contribution in [0.5, 0.6) is 0 Å². The highest BCUT2D eigenvalue weighted by atomic mass is 16.5. The van der Waals surface area contributed by atoms with Crippen LogP contribution in [0.15, 0.2) is 0 Å². The zero-order valence-corrected chi connectivity index (χ0v) is 8.29. The lowest BCUT2D eigenvalue weighted by atomic mass is 9.75.